The summed E-state index contributed by atoms with van der Waals surface area (Å²) in [5.74, 6) is -0.112. The number of carbonyl (C=O) groups is 1. The van der Waals surface area contributed by atoms with Crippen molar-refractivity contribution in [3.63, 3.8) is 0 Å². The van der Waals surface area contributed by atoms with Crippen molar-refractivity contribution in [3.05, 3.63) is 29.8 Å². The first-order valence-corrected chi connectivity index (χ1v) is 5.79. The molecule has 2 rings (SSSR count). The predicted molar refractivity (Wildman–Crippen MR) is 63.4 cm³/mol. The minimum absolute atomic E-state index is 0.112. The van der Waals surface area contributed by atoms with Crippen LogP contribution in [0.4, 0.5) is 5.69 Å². The second-order valence-electron chi connectivity index (χ2n) is 4.05. The van der Waals surface area contributed by atoms with Crippen LogP contribution in [0.25, 0.3) is 0 Å². The van der Waals surface area contributed by atoms with E-state index in [2.05, 4.69) is 17.4 Å². The first kappa shape index (κ1) is 11.0. The molecule has 1 heterocycles. The molecule has 0 spiro atoms. The maximum atomic E-state index is 11.4. The van der Waals surface area contributed by atoms with E-state index in [0.29, 0.717) is 13.0 Å². The molecule has 0 fully saturated rings. The Balaban J connectivity index is 1.95. The molecule has 0 unspecified atom stereocenters. The molecule has 1 atom stereocenters. The normalized spacial score (nSPS) is 18.4. The van der Waals surface area contributed by atoms with Crippen molar-refractivity contribution in [3.8, 4) is 0 Å². The van der Waals surface area contributed by atoms with Gasteiger partial charge in [-0.15, -0.1) is 0 Å². The second-order valence-corrected chi connectivity index (χ2v) is 4.05. The number of para-hydroxylation sites is 1. The Kier molecular flexibility index (Phi) is 3.44. The molecule has 0 bridgehead atoms. The molecule has 0 saturated heterocycles. The Bertz CT molecular complexity index is 376. The van der Waals surface area contributed by atoms with Crippen molar-refractivity contribution in [2.75, 3.05) is 11.9 Å². The van der Waals surface area contributed by atoms with Crippen molar-refractivity contribution in [2.24, 2.45) is 0 Å². The Morgan fingerprint density at radius 1 is 1.50 bits per heavy atom. The van der Waals surface area contributed by atoms with Crippen molar-refractivity contribution in [2.45, 2.75) is 32.2 Å². The lowest BCUT2D eigenvalue weighted by Crippen LogP contribution is -2.28. The van der Waals surface area contributed by atoms with E-state index >= 15 is 0 Å². The molecule has 0 saturated carbocycles. The average molecular weight is 219 g/mol. The summed E-state index contributed by atoms with van der Waals surface area (Å²) in [6, 6.07) is 8.47. The zero-order valence-corrected chi connectivity index (χ0v) is 9.53. The highest BCUT2D eigenvalue weighted by atomic mass is 16.5. The van der Waals surface area contributed by atoms with E-state index in [4.69, 9.17) is 4.74 Å². The number of fused-ring (bicyclic) bond motifs is 1. The van der Waals surface area contributed by atoms with E-state index in [-0.39, 0.29) is 12.0 Å². The fraction of sp³-hybridized carbons (Fsp3) is 0.462. The SMILES string of the molecule is CCOC(=O)C[C@H]1CCc2ccccc2N1. The number of hydrogen-bond acceptors (Lipinski definition) is 3. The Morgan fingerprint density at radius 3 is 3.12 bits per heavy atom. The van der Waals surface area contributed by atoms with E-state index in [1.54, 1.807) is 0 Å². The van der Waals surface area contributed by atoms with Gasteiger partial charge in [-0.25, -0.2) is 0 Å². The maximum absolute atomic E-state index is 11.4. The highest BCUT2D eigenvalue weighted by molar-refractivity contribution is 5.71. The molecular formula is C13H17NO2. The summed E-state index contributed by atoms with van der Waals surface area (Å²) in [6.07, 6.45) is 2.49. The van der Waals surface area contributed by atoms with Gasteiger partial charge < -0.3 is 10.1 Å². The zero-order chi connectivity index (χ0) is 11.4. The third-order valence-electron chi connectivity index (χ3n) is 2.86. The fourth-order valence-corrected chi connectivity index (χ4v) is 2.08. The minimum atomic E-state index is -0.112. The number of nitrogens with one attached hydrogen (secondary N) is 1. The summed E-state index contributed by atoms with van der Waals surface area (Å²) in [5, 5.41) is 3.39. The summed E-state index contributed by atoms with van der Waals surface area (Å²) in [6.45, 7) is 2.30. The van der Waals surface area contributed by atoms with Gasteiger partial charge in [0.05, 0.1) is 13.0 Å². The first-order valence-electron chi connectivity index (χ1n) is 5.79. The van der Waals surface area contributed by atoms with Gasteiger partial charge in [-0.2, -0.15) is 0 Å². The number of esters is 1. The molecule has 0 amide bonds. The van der Waals surface area contributed by atoms with E-state index in [9.17, 15) is 4.79 Å². The van der Waals surface area contributed by atoms with Gasteiger partial charge in [0.25, 0.3) is 0 Å². The predicted octanol–water partition coefficient (Wildman–Crippen LogP) is 2.37. The molecule has 1 N–H and O–H groups in total. The first-order chi connectivity index (χ1) is 7.79. The Hall–Kier alpha value is -1.51. The van der Waals surface area contributed by atoms with Gasteiger partial charge in [-0.05, 0) is 31.4 Å². The highest BCUT2D eigenvalue weighted by Gasteiger charge is 2.20. The lowest BCUT2D eigenvalue weighted by Gasteiger charge is -2.26. The van der Waals surface area contributed by atoms with Gasteiger partial charge in [-0.1, -0.05) is 18.2 Å². The molecule has 0 aliphatic carbocycles. The van der Waals surface area contributed by atoms with Crippen LogP contribution in [-0.4, -0.2) is 18.6 Å². The van der Waals surface area contributed by atoms with Crippen LogP contribution in [-0.2, 0) is 16.0 Å². The molecule has 16 heavy (non-hydrogen) atoms. The second kappa shape index (κ2) is 5.01. The van der Waals surface area contributed by atoms with Gasteiger partial charge in [-0.3, -0.25) is 4.79 Å². The van der Waals surface area contributed by atoms with E-state index < -0.39 is 0 Å². The van der Waals surface area contributed by atoms with Crippen LogP contribution in [0.1, 0.15) is 25.3 Å². The number of ether oxygens (including phenoxy) is 1. The molecule has 1 aliphatic heterocycles. The minimum Gasteiger partial charge on any atom is -0.466 e. The van der Waals surface area contributed by atoms with Gasteiger partial charge in [0.15, 0.2) is 0 Å². The summed E-state index contributed by atoms with van der Waals surface area (Å²) < 4.78 is 4.95. The van der Waals surface area contributed by atoms with E-state index in [0.717, 1.165) is 18.5 Å². The molecular weight excluding hydrogens is 202 g/mol. The van der Waals surface area contributed by atoms with Crippen LogP contribution in [0.3, 0.4) is 0 Å². The van der Waals surface area contributed by atoms with E-state index in [1.165, 1.54) is 5.56 Å². The van der Waals surface area contributed by atoms with Crippen LogP contribution in [0.15, 0.2) is 24.3 Å². The molecule has 86 valence electrons. The topological polar surface area (TPSA) is 38.3 Å². The van der Waals surface area contributed by atoms with Crippen molar-refractivity contribution < 1.29 is 9.53 Å². The average Bonchev–Trinajstić information content (AvgIpc) is 2.29. The van der Waals surface area contributed by atoms with Gasteiger partial charge in [0.2, 0.25) is 0 Å². The van der Waals surface area contributed by atoms with Crippen LogP contribution < -0.4 is 5.32 Å². The number of rotatable bonds is 3. The molecule has 3 nitrogen and oxygen atoms in total. The number of carbonyl (C=O) groups excluding carboxylic acids is 1. The van der Waals surface area contributed by atoms with Crippen LogP contribution >= 0.6 is 0 Å². The molecule has 0 radical (unpaired) electrons. The Labute approximate surface area is 95.8 Å². The molecule has 1 aliphatic rings. The molecule has 0 aromatic heterocycles. The zero-order valence-electron chi connectivity index (χ0n) is 9.53. The Morgan fingerprint density at radius 2 is 2.31 bits per heavy atom. The smallest absolute Gasteiger partial charge is 0.307 e. The molecule has 3 heteroatoms. The number of anilines is 1. The van der Waals surface area contributed by atoms with Crippen molar-refractivity contribution >= 4 is 11.7 Å². The monoisotopic (exact) mass is 219 g/mol. The summed E-state index contributed by atoms with van der Waals surface area (Å²) in [5.41, 5.74) is 2.49. The van der Waals surface area contributed by atoms with Crippen molar-refractivity contribution in [1.29, 1.82) is 0 Å². The maximum Gasteiger partial charge on any atom is 0.307 e. The van der Waals surface area contributed by atoms with E-state index in [1.807, 2.05) is 19.1 Å². The largest absolute Gasteiger partial charge is 0.466 e. The standard InChI is InChI=1S/C13H17NO2/c1-2-16-13(15)9-11-8-7-10-5-3-4-6-12(10)14-11/h3-6,11,14H,2,7-9H2,1H3/t11-/m1/s1. The number of aryl methyl sites for hydroxylation is 1. The summed E-state index contributed by atoms with van der Waals surface area (Å²) in [7, 11) is 0. The third kappa shape index (κ3) is 2.54. The molecule has 1 aromatic rings. The van der Waals surface area contributed by atoms with Crippen LogP contribution in [0.2, 0.25) is 0 Å². The van der Waals surface area contributed by atoms with Crippen LogP contribution in [0, 0.1) is 0 Å². The lowest BCUT2D eigenvalue weighted by molar-refractivity contribution is -0.143. The summed E-state index contributed by atoms with van der Waals surface area (Å²) in [4.78, 5) is 11.4. The number of hydrogen-bond donors (Lipinski definition) is 1. The quantitative estimate of drug-likeness (QED) is 0.793. The summed E-state index contributed by atoms with van der Waals surface area (Å²) >= 11 is 0. The highest BCUT2D eigenvalue weighted by Crippen LogP contribution is 2.25. The lowest BCUT2D eigenvalue weighted by atomic mass is 9.96. The third-order valence-corrected chi connectivity index (χ3v) is 2.86. The van der Waals surface area contributed by atoms with Crippen LogP contribution in [0.5, 0.6) is 0 Å². The fourth-order valence-electron chi connectivity index (χ4n) is 2.08. The molecule has 1 aromatic carbocycles. The van der Waals surface area contributed by atoms with Gasteiger partial charge >= 0.3 is 5.97 Å². The van der Waals surface area contributed by atoms with Crippen molar-refractivity contribution in [1.82, 2.24) is 0 Å². The van der Waals surface area contributed by atoms with Gasteiger partial charge in [0, 0.05) is 11.7 Å². The number of benzene rings is 1. The van der Waals surface area contributed by atoms with Gasteiger partial charge in [0.1, 0.15) is 0 Å².